The molecule has 7 nitrogen and oxygen atoms in total. The number of aromatic nitrogens is 2. The number of amides is 1. The van der Waals surface area contributed by atoms with Crippen LogP contribution in [0.25, 0.3) is 10.9 Å². The number of anilines is 1. The number of ether oxygens (including phenoxy) is 1. The van der Waals surface area contributed by atoms with Crippen molar-refractivity contribution in [1.82, 2.24) is 14.5 Å². The van der Waals surface area contributed by atoms with Gasteiger partial charge in [0.2, 0.25) is 5.91 Å². The number of hydrogen-bond acceptors (Lipinski definition) is 5. The molecule has 1 amide bonds. The van der Waals surface area contributed by atoms with Crippen LogP contribution in [0.15, 0.2) is 47.3 Å². The maximum absolute atomic E-state index is 13.2. The fraction of sp³-hybridized carbons (Fsp3) is 0.348. The van der Waals surface area contributed by atoms with Crippen LogP contribution >= 0.6 is 0 Å². The number of fused-ring (bicyclic) bond motifs is 1. The molecule has 1 aliphatic heterocycles. The predicted molar refractivity (Wildman–Crippen MR) is 117 cm³/mol. The standard InChI is InChI=1S/C23H26N4O3/c1-16-6-5-7-17(2)22(16)25-21(28)15-27-20(14-26-10-12-30-13-11-26)24-19-9-4-3-8-18(19)23(27)29/h3-9H,10-15H2,1-2H3,(H,25,28). The number of carbonyl (C=O) groups is 1. The van der Waals surface area contributed by atoms with E-state index < -0.39 is 0 Å². The Kier molecular flexibility index (Phi) is 5.92. The minimum Gasteiger partial charge on any atom is -0.379 e. The van der Waals surface area contributed by atoms with Crippen molar-refractivity contribution in [3.8, 4) is 0 Å². The normalized spacial score (nSPS) is 14.7. The van der Waals surface area contributed by atoms with Gasteiger partial charge in [0.1, 0.15) is 12.4 Å². The van der Waals surface area contributed by atoms with E-state index in [4.69, 9.17) is 9.72 Å². The molecule has 1 aromatic heterocycles. The Morgan fingerprint density at radius 2 is 1.77 bits per heavy atom. The molecule has 0 aliphatic carbocycles. The summed E-state index contributed by atoms with van der Waals surface area (Å²) in [5.74, 6) is 0.354. The summed E-state index contributed by atoms with van der Waals surface area (Å²) in [6.45, 7) is 7.20. The Morgan fingerprint density at radius 3 is 2.50 bits per heavy atom. The molecule has 0 atom stereocenters. The summed E-state index contributed by atoms with van der Waals surface area (Å²) >= 11 is 0. The predicted octanol–water partition coefficient (Wildman–Crippen LogP) is 2.48. The van der Waals surface area contributed by atoms with Crippen molar-refractivity contribution in [3.63, 3.8) is 0 Å². The monoisotopic (exact) mass is 406 g/mol. The highest BCUT2D eigenvalue weighted by atomic mass is 16.5. The summed E-state index contributed by atoms with van der Waals surface area (Å²) in [7, 11) is 0. The lowest BCUT2D eigenvalue weighted by Gasteiger charge is -2.27. The van der Waals surface area contributed by atoms with E-state index in [2.05, 4.69) is 10.2 Å². The van der Waals surface area contributed by atoms with Crippen molar-refractivity contribution in [1.29, 1.82) is 0 Å². The van der Waals surface area contributed by atoms with Crippen LogP contribution in [-0.2, 0) is 22.6 Å². The second-order valence-electron chi connectivity index (χ2n) is 7.64. The van der Waals surface area contributed by atoms with Crippen LogP contribution in [0.3, 0.4) is 0 Å². The number of carbonyl (C=O) groups excluding carboxylic acids is 1. The second kappa shape index (κ2) is 8.77. The quantitative estimate of drug-likeness (QED) is 0.705. The summed E-state index contributed by atoms with van der Waals surface area (Å²) in [5.41, 5.74) is 3.22. The first kappa shape index (κ1) is 20.3. The summed E-state index contributed by atoms with van der Waals surface area (Å²) in [4.78, 5) is 33.0. The van der Waals surface area contributed by atoms with Crippen molar-refractivity contribution in [2.75, 3.05) is 31.6 Å². The molecule has 1 saturated heterocycles. The minimum absolute atomic E-state index is 0.0793. The largest absolute Gasteiger partial charge is 0.379 e. The van der Waals surface area contributed by atoms with Gasteiger partial charge in [-0.05, 0) is 37.1 Å². The van der Waals surface area contributed by atoms with Crippen LogP contribution in [0.4, 0.5) is 5.69 Å². The zero-order valence-electron chi connectivity index (χ0n) is 17.4. The Bertz CT molecular complexity index is 1110. The van der Waals surface area contributed by atoms with E-state index in [0.717, 1.165) is 29.9 Å². The number of nitrogens with zero attached hydrogens (tertiary/aromatic N) is 3. The molecular weight excluding hydrogens is 380 g/mol. The van der Waals surface area contributed by atoms with Gasteiger partial charge >= 0.3 is 0 Å². The molecule has 1 aliphatic rings. The first-order valence-corrected chi connectivity index (χ1v) is 10.2. The molecule has 7 heteroatoms. The Morgan fingerprint density at radius 1 is 1.07 bits per heavy atom. The van der Waals surface area contributed by atoms with E-state index in [1.807, 2.05) is 50.2 Å². The third kappa shape index (κ3) is 4.27. The van der Waals surface area contributed by atoms with Gasteiger partial charge in [0.25, 0.3) is 5.56 Å². The van der Waals surface area contributed by atoms with E-state index in [9.17, 15) is 9.59 Å². The fourth-order valence-electron chi connectivity index (χ4n) is 3.79. The number of nitrogens with one attached hydrogen (secondary N) is 1. The molecule has 1 N–H and O–H groups in total. The molecule has 4 rings (SSSR count). The molecule has 156 valence electrons. The van der Waals surface area contributed by atoms with Gasteiger partial charge in [0.15, 0.2) is 0 Å². The molecule has 0 unspecified atom stereocenters. The van der Waals surface area contributed by atoms with Crippen molar-refractivity contribution >= 4 is 22.5 Å². The lowest BCUT2D eigenvalue weighted by molar-refractivity contribution is -0.116. The van der Waals surface area contributed by atoms with Crippen LogP contribution in [0.1, 0.15) is 17.0 Å². The van der Waals surface area contributed by atoms with Gasteiger partial charge in [-0.15, -0.1) is 0 Å². The van der Waals surface area contributed by atoms with E-state index in [-0.39, 0.29) is 18.0 Å². The number of para-hydroxylation sites is 2. The van der Waals surface area contributed by atoms with Crippen molar-refractivity contribution in [3.05, 3.63) is 69.8 Å². The Labute approximate surface area is 175 Å². The highest BCUT2D eigenvalue weighted by Crippen LogP contribution is 2.19. The van der Waals surface area contributed by atoms with Crippen LogP contribution in [-0.4, -0.2) is 46.7 Å². The summed E-state index contributed by atoms with van der Waals surface area (Å²) < 4.78 is 6.92. The molecule has 1 fully saturated rings. The van der Waals surface area contributed by atoms with Crippen LogP contribution in [0.5, 0.6) is 0 Å². The maximum Gasteiger partial charge on any atom is 0.261 e. The number of hydrogen-bond donors (Lipinski definition) is 1. The minimum atomic E-state index is -0.241. The first-order chi connectivity index (χ1) is 14.5. The summed E-state index contributed by atoms with van der Waals surface area (Å²) in [6, 6.07) is 13.1. The lowest BCUT2D eigenvalue weighted by atomic mass is 10.1. The van der Waals surface area contributed by atoms with Crippen molar-refractivity contribution in [2.45, 2.75) is 26.9 Å². The second-order valence-corrected chi connectivity index (χ2v) is 7.64. The van der Waals surface area contributed by atoms with Crippen LogP contribution < -0.4 is 10.9 Å². The molecule has 0 spiro atoms. The SMILES string of the molecule is Cc1cccc(C)c1NC(=O)Cn1c(CN2CCOCC2)nc2ccccc2c1=O. The van der Waals surface area contributed by atoms with Gasteiger partial charge in [-0.1, -0.05) is 30.3 Å². The molecule has 3 aromatic rings. The van der Waals surface area contributed by atoms with Crippen LogP contribution in [0, 0.1) is 13.8 Å². The van der Waals surface area contributed by atoms with Crippen molar-refractivity contribution < 1.29 is 9.53 Å². The van der Waals surface area contributed by atoms with Gasteiger partial charge in [0, 0.05) is 18.8 Å². The zero-order chi connectivity index (χ0) is 21.1. The Balaban J connectivity index is 1.67. The lowest BCUT2D eigenvalue weighted by Crippen LogP contribution is -2.39. The first-order valence-electron chi connectivity index (χ1n) is 10.2. The highest BCUT2D eigenvalue weighted by molar-refractivity contribution is 5.92. The van der Waals surface area contributed by atoms with E-state index in [1.54, 1.807) is 6.07 Å². The average molecular weight is 406 g/mol. The van der Waals surface area contributed by atoms with Gasteiger partial charge < -0.3 is 10.1 Å². The molecule has 0 saturated carbocycles. The maximum atomic E-state index is 13.2. The third-order valence-electron chi connectivity index (χ3n) is 5.46. The van der Waals surface area contributed by atoms with E-state index in [1.165, 1.54) is 4.57 Å². The Hall–Kier alpha value is -3.03. The molecule has 30 heavy (non-hydrogen) atoms. The molecular formula is C23H26N4O3. The van der Waals surface area contributed by atoms with Crippen LogP contribution in [0.2, 0.25) is 0 Å². The van der Waals surface area contributed by atoms with E-state index >= 15 is 0 Å². The summed E-state index contributed by atoms with van der Waals surface area (Å²) in [6.07, 6.45) is 0. The topological polar surface area (TPSA) is 76.5 Å². The number of aryl methyl sites for hydroxylation is 2. The molecule has 2 heterocycles. The van der Waals surface area contributed by atoms with Crippen molar-refractivity contribution in [2.24, 2.45) is 0 Å². The fourth-order valence-corrected chi connectivity index (χ4v) is 3.79. The molecule has 2 aromatic carbocycles. The third-order valence-corrected chi connectivity index (χ3v) is 5.46. The van der Waals surface area contributed by atoms with Gasteiger partial charge in [-0.25, -0.2) is 4.98 Å². The zero-order valence-corrected chi connectivity index (χ0v) is 17.4. The number of benzene rings is 2. The van der Waals surface area contributed by atoms with Gasteiger partial charge in [-0.3, -0.25) is 19.1 Å². The number of rotatable bonds is 5. The van der Waals surface area contributed by atoms with Gasteiger partial charge in [0.05, 0.1) is 30.7 Å². The summed E-state index contributed by atoms with van der Waals surface area (Å²) in [5, 5.41) is 3.49. The molecule has 0 bridgehead atoms. The van der Waals surface area contributed by atoms with E-state index in [0.29, 0.717) is 36.5 Å². The number of morpholine rings is 1. The average Bonchev–Trinajstić information content (AvgIpc) is 2.74. The molecule has 0 radical (unpaired) electrons. The van der Waals surface area contributed by atoms with Gasteiger partial charge in [-0.2, -0.15) is 0 Å². The highest BCUT2D eigenvalue weighted by Gasteiger charge is 2.18. The smallest absolute Gasteiger partial charge is 0.261 e.